The summed E-state index contributed by atoms with van der Waals surface area (Å²) < 4.78 is 10.6. The first kappa shape index (κ1) is 16.6. The minimum Gasteiger partial charge on any atom is -0.497 e. The molecule has 122 valence electrons. The highest BCUT2D eigenvalue weighted by Gasteiger charge is 2.32. The summed E-state index contributed by atoms with van der Waals surface area (Å²) in [6.07, 6.45) is 0.559. The maximum atomic E-state index is 12.1. The summed E-state index contributed by atoms with van der Waals surface area (Å²) in [5.74, 6) is 1.09. The Balaban J connectivity index is 1.98. The lowest BCUT2D eigenvalue weighted by Crippen LogP contribution is -2.50. The summed E-state index contributed by atoms with van der Waals surface area (Å²) in [5, 5.41) is 0. The highest BCUT2D eigenvalue weighted by Crippen LogP contribution is 2.29. The molecule has 5 nitrogen and oxygen atoms in total. The van der Waals surface area contributed by atoms with Crippen molar-refractivity contribution >= 4 is 6.09 Å². The zero-order valence-electron chi connectivity index (χ0n) is 13.8. The molecule has 1 aromatic carbocycles. The van der Waals surface area contributed by atoms with Gasteiger partial charge >= 0.3 is 6.09 Å². The Kier molecular flexibility index (Phi) is 4.96. The van der Waals surface area contributed by atoms with Gasteiger partial charge in [0.25, 0.3) is 0 Å². The van der Waals surface area contributed by atoms with Crippen LogP contribution in [0.1, 0.15) is 38.7 Å². The van der Waals surface area contributed by atoms with Gasteiger partial charge in [0.05, 0.1) is 7.11 Å². The van der Waals surface area contributed by atoms with Crippen molar-refractivity contribution in [2.45, 2.75) is 44.8 Å². The van der Waals surface area contributed by atoms with Crippen LogP contribution >= 0.6 is 0 Å². The van der Waals surface area contributed by atoms with E-state index in [0.717, 1.165) is 12.2 Å². The summed E-state index contributed by atoms with van der Waals surface area (Å²) >= 11 is 0. The molecule has 5 heteroatoms. The SMILES string of the molecule is COc1ccc(C2CCN(C(=O)OC(C)(C)C)CC2N)cc1. The van der Waals surface area contributed by atoms with Gasteiger partial charge in [0.1, 0.15) is 11.4 Å². The summed E-state index contributed by atoms with van der Waals surface area (Å²) in [6.45, 7) is 6.80. The monoisotopic (exact) mass is 306 g/mol. The van der Waals surface area contributed by atoms with Crippen LogP contribution in [0.3, 0.4) is 0 Å². The summed E-state index contributed by atoms with van der Waals surface area (Å²) in [4.78, 5) is 13.8. The van der Waals surface area contributed by atoms with Crippen LogP contribution < -0.4 is 10.5 Å². The molecular formula is C17H26N2O3. The number of likely N-dealkylation sites (tertiary alicyclic amines) is 1. The Bertz CT molecular complexity index is 508. The van der Waals surface area contributed by atoms with Crippen LogP contribution in [0.4, 0.5) is 4.79 Å². The van der Waals surface area contributed by atoms with Crippen molar-refractivity contribution in [2.75, 3.05) is 20.2 Å². The predicted molar refractivity (Wildman–Crippen MR) is 86.1 cm³/mol. The van der Waals surface area contributed by atoms with Crippen molar-refractivity contribution in [1.29, 1.82) is 0 Å². The van der Waals surface area contributed by atoms with Crippen molar-refractivity contribution in [1.82, 2.24) is 4.90 Å². The standard InChI is InChI=1S/C17H26N2O3/c1-17(2,3)22-16(20)19-10-9-14(15(18)11-19)12-5-7-13(21-4)8-6-12/h5-8,14-15H,9-11,18H2,1-4H3. The van der Waals surface area contributed by atoms with E-state index in [4.69, 9.17) is 15.2 Å². The number of benzene rings is 1. The van der Waals surface area contributed by atoms with E-state index < -0.39 is 5.60 Å². The normalized spacial score (nSPS) is 22.3. The van der Waals surface area contributed by atoms with Gasteiger partial charge in [-0.15, -0.1) is 0 Å². The van der Waals surface area contributed by atoms with E-state index in [1.807, 2.05) is 45.0 Å². The fourth-order valence-corrected chi connectivity index (χ4v) is 2.74. The number of ether oxygens (including phenoxy) is 2. The van der Waals surface area contributed by atoms with Gasteiger partial charge in [-0.2, -0.15) is 0 Å². The Morgan fingerprint density at radius 3 is 2.41 bits per heavy atom. The van der Waals surface area contributed by atoms with Gasteiger partial charge in [-0.3, -0.25) is 0 Å². The largest absolute Gasteiger partial charge is 0.497 e. The molecule has 1 heterocycles. The smallest absolute Gasteiger partial charge is 0.410 e. The summed E-state index contributed by atoms with van der Waals surface area (Å²) in [7, 11) is 1.65. The van der Waals surface area contributed by atoms with Gasteiger partial charge in [0.15, 0.2) is 0 Å². The third-order valence-electron chi connectivity index (χ3n) is 3.85. The number of carbonyl (C=O) groups excluding carboxylic acids is 1. The topological polar surface area (TPSA) is 64.8 Å². The molecule has 0 radical (unpaired) electrons. The summed E-state index contributed by atoms with van der Waals surface area (Å²) in [6, 6.07) is 7.90. The predicted octanol–water partition coefficient (Wildman–Crippen LogP) is 2.75. The van der Waals surface area contributed by atoms with Crippen LogP contribution in [0.25, 0.3) is 0 Å². The number of methoxy groups -OCH3 is 1. The molecule has 1 fully saturated rings. The second-order valence-electron chi connectivity index (χ2n) is 6.76. The Labute approximate surface area is 132 Å². The Hall–Kier alpha value is -1.75. The summed E-state index contributed by atoms with van der Waals surface area (Å²) in [5.41, 5.74) is 7.01. The van der Waals surface area contributed by atoms with Crippen LogP contribution in [0, 0.1) is 0 Å². The molecule has 0 bridgehead atoms. The van der Waals surface area contributed by atoms with Crippen LogP contribution in [0.15, 0.2) is 24.3 Å². The first-order valence-electron chi connectivity index (χ1n) is 7.67. The van der Waals surface area contributed by atoms with Gasteiger partial charge in [-0.1, -0.05) is 12.1 Å². The first-order chi connectivity index (χ1) is 10.3. The molecule has 1 aliphatic rings. The molecule has 1 aromatic rings. The molecule has 1 saturated heterocycles. The number of hydrogen-bond acceptors (Lipinski definition) is 4. The quantitative estimate of drug-likeness (QED) is 0.912. The number of hydrogen-bond donors (Lipinski definition) is 1. The third kappa shape index (κ3) is 4.13. The van der Waals surface area contributed by atoms with Gasteiger partial charge in [0, 0.05) is 25.0 Å². The molecule has 1 amide bonds. The zero-order chi connectivity index (χ0) is 16.3. The van der Waals surface area contributed by atoms with Crippen LogP contribution in [0.5, 0.6) is 5.75 Å². The van der Waals surface area contributed by atoms with Crippen molar-refractivity contribution < 1.29 is 14.3 Å². The second kappa shape index (κ2) is 6.57. The van der Waals surface area contributed by atoms with E-state index in [-0.39, 0.29) is 18.1 Å². The van der Waals surface area contributed by atoms with Gasteiger partial charge in [-0.25, -0.2) is 4.79 Å². The highest BCUT2D eigenvalue weighted by atomic mass is 16.6. The van der Waals surface area contributed by atoms with Crippen molar-refractivity contribution in [3.63, 3.8) is 0 Å². The van der Waals surface area contributed by atoms with E-state index in [9.17, 15) is 4.79 Å². The molecule has 1 aliphatic heterocycles. The average molecular weight is 306 g/mol. The van der Waals surface area contributed by atoms with E-state index in [1.54, 1.807) is 12.0 Å². The molecular weight excluding hydrogens is 280 g/mol. The van der Waals surface area contributed by atoms with E-state index in [0.29, 0.717) is 13.1 Å². The number of rotatable bonds is 2. The van der Waals surface area contributed by atoms with E-state index in [1.165, 1.54) is 5.56 Å². The third-order valence-corrected chi connectivity index (χ3v) is 3.85. The number of nitrogens with zero attached hydrogens (tertiary/aromatic N) is 1. The average Bonchev–Trinajstić information content (AvgIpc) is 2.45. The van der Waals surface area contributed by atoms with Crippen molar-refractivity contribution in [3.8, 4) is 5.75 Å². The first-order valence-corrected chi connectivity index (χ1v) is 7.67. The number of piperidine rings is 1. The number of carbonyl (C=O) groups is 1. The number of amides is 1. The van der Waals surface area contributed by atoms with Crippen LogP contribution in [-0.2, 0) is 4.74 Å². The second-order valence-corrected chi connectivity index (χ2v) is 6.76. The van der Waals surface area contributed by atoms with E-state index in [2.05, 4.69) is 0 Å². The van der Waals surface area contributed by atoms with Gasteiger partial charge in [-0.05, 0) is 44.9 Å². The minimum absolute atomic E-state index is 0.0883. The molecule has 0 spiro atoms. The molecule has 22 heavy (non-hydrogen) atoms. The Morgan fingerprint density at radius 2 is 1.91 bits per heavy atom. The lowest BCUT2D eigenvalue weighted by Gasteiger charge is -2.37. The zero-order valence-corrected chi connectivity index (χ0v) is 13.8. The lowest BCUT2D eigenvalue weighted by molar-refractivity contribution is 0.0186. The molecule has 0 aromatic heterocycles. The molecule has 2 unspecified atom stereocenters. The molecule has 2 N–H and O–H groups in total. The maximum Gasteiger partial charge on any atom is 0.410 e. The van der Waals surface area contributed by atoms with Crippen molar-refractivity contribution in [3.05, 3.63) is 29.8 Å². The molecule has 0 saturated carbocycles. The maximum absolute atomic E-state index is 12.1. The van der Waals surface area contributed by atoms with Gasteiger partial charge in [0.2, 0.25) is 0 Å². The fraction of sp³-hybridized carbons (Fsp3) is 0.588. The molecule has 2 rings (SSSR count). The number of nitrogens with two attached hydrogens (primary N) is 1. The minimum atomic E-state index is -0.478. The highest BCUT2D eigenvalue weighted by molar-refractivity contribution is 5.68. The lowest BCUT2D eigenvalue weighted by atomic mass is 9.86. The molecule has 0 aliphatic carbocycles. The van der Waals surface area contributed by atoms with Crippen molar-refractivity contribution in [2.24, 2.45) is 5.73 Å². The van der Waals surface area contributed by atoms with Gasteiger partial charge < -0.3 is 20.1 Å². The van der Waals surface area contributed by atoms with E-state index >= 15 is 0 Å². The Morgan fingerprint density at radius 1 is 1.27 bits per heavy atom. The fourth-order valence-electron chi connectivity index (χ4n) is 2.74. The molecule has 2 atom stereocenters. The van der Waals surface area contributed by atoms with Crippen LogP contribution in [0.2, 0.25) is 0 Å². The van der Waals surface area contributed by atoms with Crippen LogP contribution in [-0.4, -0.2) is 42.8 Å².